The number of carbonyl (C=O) groups excluding carboxylic acids is 2. The van der Waals surface area contributed by atoms with Crippen LogP contribution in [0.15, 0.2) is 36.5 Å². The molecule has 0 aliphatic carbocycles. The summed E-state index contributed by atoms with van der Waals surface area (Å²) in [5.41, 5.74) is 3.53. The molecule has 1 fully saturated rings. The van der Waals surface area contributed by atoms with Gasteiger partial charge >= 0.3 is 12.0 Å². The summed E-state index contributed by atoms with van der Waals surface area (Å²) >= 11 is 0. The molecule has 0 bridgehead atoms. The van der Waals surface area contributed by atoms with Gasteiger partial charge in [0.2, 0.25) is 5.91 Å². The van der Waals surface area contributed by atoms with E-state index in [4.69, 9.17) is 5.26 Å². The van der Waals surface area contributed by atoms with E-state index in [0.717, 1.165) is 21.7 Å². The summed E-state index contributed by atoms with van der Waals surface area (Å²) in [7, 11) is 0. The first kappa shape index (κ1) is 18.6. The Morgan fingerprint density at radius 3 is 2.79 bits per heavy atom. The number of aliphatic carboxylic acids is 1. The van der Waals surface area contributed by atoms with Crippen molar-refractivity contribution in [2.75, 3.05) is 11.4 Å². The van der Waals surface area contributed by atoms with Crippen LogP contribution in [-0.4, -0.2) is 45.5 Å². The van der Waals surface area contributed by atoms with Gasteiger partial charge < -0.3 is 5.11 Å². The predicted octanol–water partition coefficient (Wildman–Crippen LogP) is 1.90. The molecule has 29 heavy (non-hydrogen) atoms. The second kappa shape index (κ2) is 7.02. The smallest absolute Gasteiger partial charge is 0.332 e. The van der Waals surface area contributed by atoms with Gasteiger partial charge in [-0.2, -0.15) is 5.26 Å². The van der Waals surface area contributed by atoms with E-state index in [0.29, 0.717) is 24.2 Å². The lowest BCUT2D eigenvalue weighted by Crippen LogP contribution is -2.69. The molecule has 0 saturated carbocycles. The molecule has 1 aromatic heterocycles. The van der Waals surface area contributed by atoms with E-state index in [1.807, 2.05) is 6.92 Å². The van der Waals surface area contributed by atoms with E-state index in [1.165, 1.54) is 4.90 Å². The number of benzene rings is 1. The monoisotopic (exact) mass is 390 g/mol. The van der Waals surface area contributed by atoms with E-state index in [1.54, 1.807) is 36.5 Å². The quantitative estimate of drug-likeness (QED) is 0.801. The topological polar surface area (TPSA) is 115 Å². The number of pyridine rings is 1. The number of carboxylic acid groups (broad SMARTS) is 1. The first-order valence-corrected chi connectivity index (χ1v) is 9.22. The minimum Gasteiger partial charge on any atom is -0.480 e. The van der Waals surface area contributed by atoms with Gasteiger partial charge in [0.25, 0.3) is 0 Å². The van der Waals surface area contributed by atoms with E-state index >= 15 is 0 Å². The first-order chi connectivity index (χ1) is 13.9. The molecular weight excluding hydrogens is 372 g/mol. The summed E-state index contributed by atoms with van der Waals surface area (Å²) in [6.07, 6.45) is 2.41. The summed E-state index contributed by atoms with van der Waals surface area (Å²) in [5, 5.41) is 18.7. The number of urea groups is 1. The molecule has 8 nitrogen and oxygen atoms in total. The zero-order valence-electron chi connectivity index (χ0n) is 15.7. The second-order valence-electron chi connectivity index (χ2n) is 7.25. The molecule has 8 heteroatoms. The van der Waals surface area contributed by atoms with Gasteiger partial charge in [-0.05, 0) is 61.2 Å². The van der Waals surface area contributed by atoms with Crippen molar-refractivity contribution in [2.45, 2.75) is 25.8 Å². The van der Waals surface area contributed by atoms with Crippen molar-refractivity contribution in [3.05, 3.63) is 58.9 Å². The lowest BCUT2D eigenvalue weighted by atomic mass is 9.82. The molecule has 1 N–H and O–H groups in total. The van der Waals surface area contributed by atoms with Crippen LogP contribution in [0.2, 0.25) is 0 Å². The van der Waals surface area contributed by atoms with Gasteiger partial charge in [0.15, 0.2) is 6.04 Å². The summed E-state index contributed by atoms with van der Waals surface area (Å²) in [6.45, 7) is 2.16. The third-order valence-corrected chi connectivity index (χ3v) is 5.42. The van der Waals surface area contributed by atoms with Gasteiger partial charge in [0, 0.05) is 24.1 Å². The number of carbonyl (C=O) groups is 3. The molecule has 2 aliphatic rings. The number of carboxylic acids is 1. The van der Waals surface area contributed by atoms with Crippen molar-refractivity contribution in [3.8, 4) is 6.07 Å². The molecule has 3 amide bonds. The lowest BCUT2D eigenvalue weighted by Gasteiger charge is -2.44. The van der Waals surface area contributed by atoms with Gasteiger partial charge in [0.1, 0.15) is 0 Å². The van der Waals surface area contributed by atoms with Crippen LogP contribution in [0.25, 0.3) is 0 Å². The number of likely N-dealkylation sites (tertiary alicyclic amines) is 1. The summed E-state index contributed by atoms with van der Waals surface area (Å²) < 4.78 is 0. The molecule has 146 valence electrons. The summed E-state index contributed by atoms with van der Waals surface area (Å²) in [4.78, 5) is 43.9. The van der Waals surface area contributed by atoms with Crippen LogP contribution >= 0.6 is 0 Å². The van der Waals surface area contributed by atoms with Crippen molar-refractivity contribution in [2.24, 2.45) is 5.92 Å². The number of nitriles is 1. The van der Waals surface area contributed by atoms with Crippen molar-refractivity contribution >= 4 is 23.6 Å². The highest BCUT2D eigenvalue weighted by Crippen LogP contribution is 2.35. The Kier molecular flexibility index (Phi) is 4.51. The third kappa shape index (κ3) is 3.10. The zero-order chi connectivity index (χ0) is 20.7. The molecule has 1 aromatic carbocycles. The van der Waals surface area contributed by atoms with Crippen LogP contribution < -0.4 is 4.90 Å². The summed E-state index contributed by atoms with van der Waals surface area (Å²) in [6, 6.07) is 8.75. The van der Waals surface area contributed by atoms with Crippen LogP contribution in [0.4, 0.5) is 10.5 Å². The number of amides is 3. The predicted molar refractivity (Wildman–Crippen MR) is 102 cm³/mol. The maximum atomic E-state index is 13.0. The molecule has 2 atom stereocenters. The Morgan fingerprint density at radius 1 is 1.31 bits per heavy atom. The molecule has 1 saturated heterocycles. The Balaban J connectivity index is 1.56. The van der Waals surface area contributed by atoms with Crippen LogP contribution in [0.1, 0.15) is 22.4 Å². The first-order valence-electron chi connectivity index (χ1n) is 9.22. The number of hydrogen-bond acceptors (Lipinski definition) is 5. The fraction of sp³-hybridized carbons (Fsp3) is 0.286. The second-order valence-corrected chi connectivity index (χ2v) is 7.25. The van der Waals surface area contributed by atoms with Crippen molar-refractivity contribution in [3.63, 3.8) is 0 Å². The largest absolute Gasteiger partial charge is 0.480 e. The maximum Gasteiger partial charge on any atom is 0.332 e. The number of fused-ring (bicyclic) bond motifs is 1. The molecule has 3 heterocycles. The van der Waals surface area contributed by atoms with Crippen molar-refractivity contribution in [1.82, 2.24) is 9.88 Å². The van der Waals surface area contributed by atoms with Gasteiger partial charge in [-0.3, -0.25) is 14.7 Å². The SMILES string of the molecule is Cc1cc(C[C@H]2C(=O)N(C(=O)N3CCc4cc(C#N)ccc43)[C@@H]2C(=O)O)ccn1. The lowest BCUT2D eigenvalue weighted by molar-refractivity contribution is -0.165. The molecule has 2 aliphatic heterocycles. The maximum absolute atomic E-state index is 13.0. The number of imide groups is 1. The average molecular weight is 390 g/mol. The molecule has 0 unspecified atom stereocenters. The Bertz CT molecular complexity index is 1070. The number of anilines is 1. The minimum atomic E-state index is -1.20. The zero-order valence-corrected chi connectivity index (χ0v) is 15.7. The Morgan fingerprint density at radius 2 is 2.10 bits per heavy atom. The van der Waals surface area contributed by atoms with Crippen molar-refractivity contribution in [1.29, 1.82) is 5.26 Å². The number of hydrogen-bond donors (Lipinski definition) is 1. The number of rotatable bonds is 3. The number of β-lactam (4-membered cyclic amide) rings is 1. The molecule has 0 radical (unpaired) electrons. The highest BCUT2D eigenvalue weighted by Gasteiger charge is 2.56. The third-order valence-electron chi connectivity index (χ3n) is 5.42. The van der Waals surface area contributed by atoms with Crippen LogP contribution in [0.5, 0.6) is 0 Å². The fourth-order valence-electron chi connectivity index (χ4n) is 4.03. The minimum absolute atomic E-state index is 0.241. The van der Waals surface area contributed by atoms with Crippen LogP contribution in [0, 0.1) is 24.2 Å². The summed E-state index contributed by atoms with van der Waals surface area (Å²) in [5.74, 6) is -2.48. The van der Waals surface area contributed by atoms with Crippen LogP contribution in [0.3, 0.4) is 0 Å². The van der Waals surface area contributed by atoms with E-state index < -0.39 is 29.9 Å². The van der Waals surface area contributed by atoms with Gasteiger partial charge in [-0.1, -0.05) is 0 Å². The van der Waals surface area contributed by atoms with E-state index in [9.17, 15) is 19.5 Å². The van der Waals surface area contributed by atoms with E-state index in [2.05, 4.69) is 11.1 Å². The average Bonchev–Trinajstić information content (AvgIpc) is 3.12. The Labute approximate surface area is 167 Å². The van der Waals surface area contributed by atoms with Gasteiger partial charge in [-0.25, -0.2) is 14.5 Å². The highest BCUT2D eigenvalue weighted by atomic mass is 16.4. The molecular formula is C21H18N4O4. The van der Waals surface area contributed by atoms with Gasteiger partial charge in [-0.15, -0.1) is 0 Å². The fourth-order valence-corrected chi connectivity index (χ4v) is 4.03. The van der Waals surface area contributed by atoms with Crippen LogP contribution in [-0.2, 0) is 22.4 Å². The number of aromatic nitrogens is 1. The number of nitrogens with zero attached hydrogens (tertiary/aromatic N) is 4. The molecule has 4 rings (SSSR count). The number of aryl methyl sites for hydroxylation is 1. The molecule has 0 spiro atoms. The van der Waals surface area contributed by atoms with Crippen molar-refractivity contribution < 1.29 is 19.5 Å². The molecule has 2 aromatic rings. The standard InChI is InChI=1S/C21H18N4O4/c1-12-8-13(4-6-23-12)10-16-18(20(27)28)25(19(16)26)21(29)24-7-5-15-9-14(11-22)2-3-17(15)24/h2-4,6,8-9,16,18H,5,7,10H2,1H3,(H,27,28)/t16-,18+/m1/s1. The highest BCUT2D eigenvalue weighted by molar-refractivity contribution is 6.12. The van der Waals surface area contributed by atoms with Gasteiger partial charge in [0.05, 0.1) is 17.6 Å². The van der Waals surface area contributed by atoms with E-state index in [-0.39, 0.29) is 6.42 Å². The Hall–Kier alpha value is -3.73. The normalized spacial score (nSPS) is 20.1.